The molecule has 5 rings (SSSR count). The van der Waals surface area contributed by atoms with Crippen LogP contribution in [0.4, 0.5) is 23.2 Å². The lowest BCUT2D eigenvalue weighted by molar-refractivity contribution is -0.172. The van der Waals surface area contributed by atoms with Crippen LogP contribution < -0.4 is 9.64 Å². The van der Waals surface area contributed by atoms with Crippen molar-refractivity contribution in [3.63, 3.8) is 0 Å². The summed E-state index contributed by atoms with van der Waals surface area (Å²) in [6.07, 6.45) is -3.35. The van der Waals surface area contributed by atoms with Gasteiger partial charge in [-0.1, -0.05) is 0 Å². The molecule has 0 unspecified atom stereocenters. The minimum absolute atomic E-state index is 0.00686. The molecule has 12 heteroatoms. The van der Waals surface area contributed by atoms with Crippen molar-refractivity contribution in [2.24, 2.45) is 0 Å². The van der Waals surface area contributed by atoms with E-state index in [0.717, 1.165) is 12.1 Å². The summed E-state index contributed by atoms with van der Waals surface area (Å²) in [5.41, 5.74) is -1.32. The Kier molecular flexibility index (Phi) is 7.43. The third-order valence-corrected chi connectivity index (χ3v) is 8.10. The van der Waals surface area contributed by atoms with Gasteiger partial charge in [0.15, 0.2) is 6.73 Å². The van der Waals surface area contributed by atoms with Gasteiger partial charge < -0.3 is 24.4 Å². The number of fused-ring (bicyclic) bond motifs is 1. The van der Waals surface area contributed by atoms with Crippen molar-refractivity contribution in [3.05, 3.63) is 58.9 Å². The number of amides is 1. The number of carboxylic acids is 1. The zero-order valence-electron chi connectivity index (χ0n) is 22.2. The molecule has 0 bridgehead atoms. The molecule has 1 amide bonds. The van der Waals surface area contributed by atoms with E-state index in [-0.39, 0.29) is 36.8 Å². The maximum Gasteiger partial charge on any atom is 0.416 e. The van der Waals surface area contributed by atoms with Gasteiger partial charge in [0.25, 0.3) is 5.91 Å². The molecule has 2 aromatic carbocycles. The van der Waals surface area contributed by atoms with E-state index in [2.05, 4.69) is 9.80 Å². The number of hydrogen-bond acceptors (Lipinski definition) is 6. The number of anilines is 1. The summed E-state index contributed by atoms with van der Waals surface area (Å²) in [5.74, 6) is -2.07. The summed E-state index contributed by atoms with van der Waals surface area (Å²) in [4.78, 5) is 30.5. The quantitative estimate of drug-likeness (QED) is 0.552. The van der Waals surface area contributed by atoms with Crippen molar-refractivity contribution in [2.45, 2.75) is 57.1 Å². The largest absolute Gasteiger partial charge is 0.478 e. The number of ether oxygens (including phenoxy) is 2. The Labute approximate surface area is 229 Å². The second-order valence-electron chi connectivity index (χ2n) is 10.8. The van der Waals surface area contributed by atoms with Crippen LogP contribution in [0.25, 0.3) is 0 Å². The zero-order chi connectivity index (χ0) is 28.8. The minimum atomic E-state index is -4.49. The second kappa shape index (κ2) is 10.5. The van der Waals surface area contributed by atoms with E-state index in [9.17, 15) is 32.3 Å². The van der Waals surface area contributed by atoms with E-state index in [4.69, 9.17) is 9.47 Å². The summed E-state index contributed by atoms with van der Waals surface area (Å²) in [7, 11) is 0. The molecule has 0 aliphatic carbocycles. The number of carbonyl (C=O) groups excluding carboxylic acids is 1. The highest BCUT2D eigenvalue weighted by Gasteiger charge is 2.44. The van der Waals surface area contributed by atoms with Crippen LogP contribution in [-0.2, 0) is 22.3 Å². The molecular weight excluding hydrogens is 534 g/mol. The maximum atomic E-state index is 13.9. The lowest BCUT2D eigenvalue weighted by atomic mass is 9.91. The first-order valence-corrected chi connectivity index (χ1v) is 13.2. The van der Waals surface area contributed by atoms with E-state index in [0.29, 0.717) is 56.1 Å². The van der Waals surface area contributed by atoms with Gasteiger partial charge in [-0.2, -0.15) is 13.2 Å². The molecule has 0 radical (unpaired) electrons. The Bertz CT molecular complexity index is 1300. The molecule has 2 aromatic rings. The number of benzene rings is 2. The number of rotatable bonds is 4. The molecule has 8 nitrogen and oxygen atoms in total. The fourth-order valence-corrected chi connectivity index (χ4v) is 5.77. The fraction of sp³-hybridized carbons (Fsp3) is 0.500. The Hall–Kier alpha value is -3.38. The van der Waals surface area contributed by atoms with Gasteiger partial charge in [0.05, 0.1) is 24.3 Å². The lowest BCUT2D eigenvalue weighted by Gasteiger charge is -2.47. The average molecular weight is 566 g/mol. The third-order valence-electron chi connectivity index (χ3n) is 8.10. The lowest BCUT2D eigenvalue weighted by Crippen LogP contribution is -2.60. The summed E-state index contributed by atoms with van der Waals surface area (Å²) >= 11 is 0. The molecule has 2 saturated heterocycles. The number of carboxylic acid groups (broad SMARTS) is 1. The zero-order valence-corrected chi connectivity index (χ0v) is 22.2. The smallest absolute Gasteiger partial charge is 0.416 e. The van der Waals surface area contributed by atoms with Gasteiger partial charge in [0.2, 0.25) is 0 Å². The molecule has 3 aliphatic rings. The molecule has 40 heavy (non-hydrogen) atoms. The molecular formula is C28H31F4N3O5. The molecule has 3 atom stereocenters. The first-order valence-electron chi connectivity index (χ1n) is 13.2. The molecule has 0 spiro atoms. The van der Waals surface area contributed by atoms with Gasteiger partial charge in [-0.3, -0.25) is 9.69 Å². The van der Waals surface area contributed by atoms with Crippen LogP contribution in [0.5, 0.6) is 5.75 Å². The van der Waals surface area contributed by atoms with Crippen LogP contribution in [-0.4, -0.2) is 77.4 Å². The second-order valence-corrected chi connectivity index (χ2v) is 10.8. The fourth-order valence-electron chi connectivity index (χ4n) is 5.77. The average Bonchev–Trinajstić information content (AvgIpc) is 2.92. The number of aromatic carboxylic acids is 1. The Balaban J connectivity index is 1.18. The molecule has 0 aromatic heterocycles. The Morgan fingerprint density at radius 1 is 1.12 bits per heavy atom. The summed E-state index contributed by atoms with van der Waals surface area (Å²) < 4.78 is 65.1. The van der Waals surface area contributed by atoms with Crippen LogP contribution in [0.1, 0.15) is 48.2 Å². The topological polar surface area (TPSA) is 82.6 Å². The van der Waals surface area contributed by atoms with Crippen molar-refractivity contribution in [1.29, 1.82) is 0 Å². The highest BCUT2D eigenvalue weighted by Crippen LogP contribution is 2.36. The first-order chi connectivity index (χ1) is 18.9. The summed E-state index contributed by atoms with van der Waals surface area (Å²) in [6, 6.07) is 7.49. The van der Waals surface area contributed by atoms with E-state index in [1.807, 2.05) is 6.92 Å². The molecule has 0 saturated carbocycles. The van der Waals surface area contributed by atoms with E-state index < -0.39 is 29.1 Å². The summed E-state index contributed by atoms with van der Waals surface area (Å²) in [5, 5.41) is 9.26. The normalized spacial score (nSPS) is 25.8. The first kappa shape index (κ1) is 28.2. The number of alkyl halides is 3. The number of nitrogens with zero attached hydrogens (tertiary/aromatic N) is 3. The van der Waals surface area contributed by atoms with Gasteiger partial charge in [0.1, 0.15) is 17.2 Å². The maximum absolute atomic E-state index is 13.9. The van der Waals surface area contributed by atoms with Gasteiger partial charge in [-0.15, -0.1) is 0 Å². The molecule has 3 heterocycles. The molecule has 2 fully saturated rings. The predicted octanol–water partition coefficient (Wildman–Crippen LogP) is 4.37. The summed E-state index contributed by atoms with van der Waals surface area (Å²) in [6.45, 7) is 5.96. The van der Waals surface area contributed by atoms with Gasteiger partial charge in [-0.05, 0) is 63.1 Å². The number of halogens is 4. The highest BCUT2D eigenvalue weighted by atomic mass is 19.4. The van der Waals surface area contributed by atoms with Crippen molar-refractivity contribution in [1.82, 2.24) is 9.80 Å². The van der Waals surface area contributed by atoms with E-state index >= 15 is 0 Å². The third kappa shape index (κ3) is 5.46. The number of carbonyl (C=O) groups is 2. The van der Waals surface area contributed by atoms with Gasteiger partial charge >= 0.3 is 12.1 Å². The standard InChI is InChI=1S/C28H31F4N3O5/c1-17-13-33(9-10-35(17)20-4-5-23(29)22(12-20)25(36)37)21-7-8-27(2,40-15-21)26(38)34-14-18-11-19(28(30,31)32)3-6-24(18)39-16-34/h3-6,11-12,17,21H,7-10,13-16H2,1-2H3,(H,36,37)/t17-,21+,27+/m0/s1. The molecule has 1 N–H and O–H groups in total. The Morgan fingerprint density at radius 2 is 1.90 bits per heavy atom. The van der Waals surface area contributed by atoms with Crippen molar-refractivity contribution >= 4 is 17.6 Å². The highest BCUT2D eigenvalue weighted by molar-refractivity contribution is 5.89. The molecule has 216 valence electrons. The predicted molar refractivity (Wildman–Crippen MR) is 137 cm³/mol. The number of hydrogen-bond donors (Lipinski definition) is 1. The van der Waals surface area contributed by atoms with Crippen LogP contribution in [0.2, 0.25) is 0 Å². The van der Waals surface area contributed by atoms with E-state index in [1.54, 1.807) is 13.0 Å². The van der Waals surface area contributed by atoms with Crippen molar-refractivity contribution in [3.8, 4) is 5.75 Å². The Morgan fingerprint density at radius 3 is 2.55 bits per heavy atom. The van der Waals surface area contributed by atoms with E-state index in [1.165, 1.54) is 23.1 Å². The van der Waals surface area contributed by atoms with Gasteiger partial charge in [-0.25, -0.2) is 9.18 Å². The minimum Gasteiger partial charge on any atom is -0.478 e. The monoisotopic (exact) mass is 565 g/mol. The van der Waals surface area contributed by atoms with Crippen LogP contribution in [0.3, 0.4) is 0 Å². The van der Waals surface area contributed by atoms with Crippen LogP contribution in [0.15, 0.2) is 36.4 Å². The van der Waals surface area contributed by atoms with Crippen LogP contribution in [0, 0.1) is 5.82 Å². The van der Waals surface area contributed by atoms with Crippen molar-refractivity contribution < 1.29 is 41.7 Å². The van der Waals surface area contributed by atoms with Crippen LogP contribution >= 0.6 is 0 Å². The SMILES string of the molecule is C[C@H]1CN([C@@H]2CC[C@](C)(C(=O)N3COc4ccc(C(F)(F)F)cc4C3)OC2)CCN1c1ccc(F)c(C(=O)O)c1. The van der Waals surface area contributed by atoms with Crippen molar-refractivity contribution in [2.75, 3.05) is 37.9 Å². The van der Waals surface area contributed by atoms with Gasteiger partial charge in [0, 0.05) is 43.0 Å². The molecule has 3 aliphatic heterocycles. The number of piperazine rings is 1.